The third-order valence-corrected chi connectivity index (χ3v) is 6.26. The van der Waals surface area contributed by atoms with Crippen LogP contribution in [-0.4, -0.2) is 49.6 Å². The average Bonchev–Trinajstić information content (AvgIpc) is 2.88. The number of nitrogens with zero attached hydrogens (tertiary/aromatic N) is 3. The molecule has 1 fully saturated rings. The van der Waals surface area contributed by atoms with E-state index in [9.17, 15) is 8.42 Å². The maximum Gasteiger partial charge on any atom is 0.241 e. The van der Waals surface area contributed by atoms with Crippen molar-refractivity contribution in [3.05, 3.63) is 60.2 Å². The van der Waals surface area contributed by atoms with Crippen molar-refractivity contribution in [3.8, 4) is 0 Å². The Labute approximate surface area is 142 Å². The Bertz CT molecular complexity index is 870. The fourth-order valence-corrected chi connectivity index (χ4v) is 4.80. The first kappa shape index (κ1) is 15.4. The predicted octanol–water partition coefficient (Wildman–Crippen LogP) is 2.28. The number of fused-ring (bicyclic) bond motifs is 1. The van der Waals surface area contributed by atoms with Gasteiger partial charge in [-0.25, -0.2) is 13.4 Å². The fraction of sp³-hybridized carbons (Fsp3) is 0.278. The normalized spacial score (nSPS) is 19.8. The summed E-state index contributed by atoms with van der Waals surface area (Å²) in [7, 11) is -3.46. The van der Waals surface area contributed by atoms with Gasteiger partial charge in [0.2, 0.25) is 15.0 Å². The lowest BCUT2D eigenvalue weighted by atomic mass is 10.2. The molecule has 2 aromatic carbocycles. The van der Waals surface area contributed by atoms with Gasteiger partial charge in [-0.2, -0.15) is 0 Å². The van der Waals surface area contributed by atoms with Crippen LogP contribution in [0, 0.1) is 0 Å². The Morgan fingerprint density at radius 3 is 2.25 bits per heavy atom. The Balaban J connectivity index is 1.46. The molecular formula is C18H19N3O2S. The maximum absolute atomic E-state index is 12.7. The SMILES string of the molecule is O=S1(=O)C(N2CCN(Cc3ccccc3)CC2)=Nc2ccccc21. The molecule has 2 heterocycles. The molecule has 4 rings (SSSR count). The van der Waals surface area contributed by atoms with E-state index in [2.05, 4.69) is 22.0 Å². The van der Waals surface area contributed by atoms with Gasteiger partial charge in [0.25, 0.3) is 0 Å². The zero-order chi connectivity index (χ0) is 16.6. The van der Waals surface area contributed by atoms with Crippen LogP contribution in [0.2, 0.25) is 0 Å². The summed E-state index contributed by atoms with van der Waals surface area (Å²) >= 11 is 0. The molecule has 5 nitrogen and oxygen atoms in total. The molecule has 2 aliphatic heterocycles. The van der Waals surface area contributed by atoms with E-state index in [-0.39, 0.29) is 5.17 Å². The summed E-state index contributed by atoms with van der Waals surface area (Å²) in [4.78, 5) is 8.95. The highest BCUT2D eigenvalue weighted by atomic mass is 32.2. The summed E-state index contributed by atoms with van der Waals surface area (Å²) in [6.45, 7) is 3.92. The standard InChI is InChI=1S/C18H19N3O2S/c22-24(23)17-9-5-4-8-16(17)19-18(24)21-12-10-20(11-13-21)14-15-6-2-1-3-7-15/h1-9H,10-14H2. The van der Waals surface area contributed by atoms with Crippen molar-refractivity contribution in [2.24, 2.45) is 4.99 Å². The van der Waals surface area contributed by atoms with Crippen LogP contribution in [0.4, 0.5) is 5.69 Å². The third-order valence-electron chi connectivity index (χ3n) is 4.50. The molecule has 0 bridgehead atoms. The van der Waals surface area contributed by atoms with Crippen molar-refractivity contribution in [2.75, 3.05) is 26.2 Å². The molecule has 0 radical (unpaired) electrons. The quantitative estimate of drug-likeness (QED) is 0.841. The van der Waals surface area contributed by atoms with E-state index in [1.165, 1.54) is 5.56 Å². The minimum atomic E-state index is -3.46. The van der Waals surface area contributed by atoms with Crippen LogP contribution in [0.25, 0.3) is 0 Å². The molecule has 0 aromatic heterocycles. The summed E-state index contributed by atoms with van der Waals surface area (Å²) in [5, 5.41) is 0.211. The van der Waals surface area contributed by atoms with Gasteiger partial charge in [0, 0.05) is 32.7 Å². The van der Waals surface area contributed by atoms with Gasteiger partial charge in [-0.05, 0) is 17.7 Å². The van der Waals surface area contributed by atoms with E-state index >= 15 is 0 Å². The van der Waals surface area contributed by atoms with Crippen molar-refractivity contribution in [3.63, 3.8) is 0 Å². The lowest BCUT2D eigenvalue weighted by Crippen LogP contribution is -2.49. The summed E-state index contributed by atoms with van der Waals surface area (Å²) in [5.41, 5.74) is 1.84. The number of hydrogen-bond acceptors (Lipinski definition) is 5. The molecule has 6 heteroatoms. The molecule has 0 unspecified atom stereocenters. The predicted molar refractivity (Wildman–Crippen MR) is 94.0 cm³/mol. The van der Waals surface area contributed by atoms with Crippen LogP contribution in [0.5, 0.6) is 0 Å². The molecule has 0 saturated carbocycles. The van der Waals surface area contributed by atoms with E-state index in [1.54, 1.807) is 18.2 Å². The van der Waals surface area contributed by atoms with Gasteiger partial charge >= 0.3 is 0 Å². The summed E-state index contributed by atoms with van der Waals surface area (Å²) in [6, 6.07) is 17.3. The Kier molecular flexibility index (Phi) is 3.86. The topological polar surface area (TPSA) is 53.0 Å². The molecule has 2 aliphatic rings. The van der Waals surface area contributed by atoms with Gasteiger partial charge < -0.3 is 4.90 Å². The zero-order valence-electron chi connectivity index (χ0n) is 13.3. The number of hydrogen-bond donors (Lipinski definition) is 0. The van der Waals surface area contributed by atoms with E-state index in [0.29, 0.717) is 23.7 Å². The number of benzene rings is 2. The van der Waals surface area contributed by atoms with Crippen LogP contribution < -0.4 is 0 Å². The van der Waals surface area contributed by atoms with Crippen LogP contribution >= 0.6 is 0 Å². The minimum absolute atomic E-state index is 0.211. The first-order valence-electron chi connectivity index (χ1n) is 8.09. The molecule has 1 saturated heterocycles. The first-order valence-corrected chi connectivity index (χ1v) is 9.57. The lowest BCUT2D eigenvalue weighted by molar-refractivity contribution is 0.177. The van der Waals surface area contributed by atoms with E-state index < -0.39 is 9.84 Å². The van der Waals surface area contributed by atoms with Gasteiger partial charge in [-0.1, -0.05) is 42.5 Å². The lowest BCUT2D eigenvalue weighted by Gasteiger charge is -2.35. The Morgan fingerprint density at radius 1 is 0.875 bits per heavy atom. The van der Waals surface area contributed by atoms with Gasteiger partial charge in [0.15, 0.2) is 0 Å². The molecule has 0 N–H and O–H groups in total. The van der Waals surface area contributed by atoms with Crippen molar-refractivity contribution in [1.29, 1.82) is 0 Å². The number of sulfone groups is 1. The smallest absolute Gasteiger partial charge is 0.241 e. The first-order chi connectivity index (χ1) is 11.6. The van der Waals surface area contributed by atoms with Gasteiger partial charge in [0.05, 0.1) is 5.69 Å². The highest BCUT2D eigenvalue weighted by molar-refractivity contribution is 8.06. The second-order valence-electron chi connectivity index (χ2n) is 6.11. The van der Waals surface area contributed by atoms with Crippen LogP contribution in [0.15, 0.2) is 64.5 Å². The van der Waals surface area contributed by atoms with Gasteiger partial charge in [0.1, 0.15) is 4.90 Å². The van der Waals surface area contributed by atoms with Gasteiger partial charge in [-0.3, -0.25) is 4.90 Å². The molecule has 124 valence electrons. The zero-order valence-corrected chi connectivity index (χ0v) is 14.1. The Morgan fingerprint density at radius 2 is 1.54 bits per heavy atom. The Hall–Kier alpha value is -2.18. The highest BCUT2D eigenvalue weighted by Crippen LogP contribution is 2.33. The average molecular weight is 341 g/mol. The van der Waals surface area contributed by atoms with Crippen LogP contribution in [-0.2, 0) is 16.4 Å². The van der Waals surface area contributed by atoms with E-state index in [4.69, 9.17) is 0 Å². The summed E-state index contributed by atoms with van der Waals surface area (Å²) in [5.74, 6) is 0. The van der Waals surface area contributed by atoms with Crippen molar-refractivity contribution < 1.29 is 8.42 Å². The minimum Gasteiger partial charge on any atom is -0.344 e. The molecule has 0 amide bonds. The highest BCUT2D eigenvalue weighted by Gasteiger charge is 2.36. The van der Waals surface area contributed by atoms with E-state index in [1.807, 2.05) is 29.2 Å². The molecule has 0 aliphatic carbocycles. The summed E-state index contributed by atoms with van der Waals surface area (Å²) < 4.78 is 25.3. The van der Waals surface area contributed by atoms with Crippen LogP contribution in [0.1, 0.15) is 5.56 Å². The molecule has 0 atom stereocenters. The third kappa shape index (κ3) is 2.72. The van der Waals surface area contributed by atoms with Crippen molar-refractivity contribution >= 4 is 20.7 Å². The largest absolute Gasteiger partial charge is 0.344 e. The van der Waals surface area contributed by atoms with Crippen molar-refractivity contribution in [1.82, 2.24) is 9.80 Å². The number of amidine groups is 1. The second kappa shape index (κ2) is 6.03. The number of aliphatic imine (C=N–C) groups is 1. The number of para-hydroxylation sites is 1. The molecule has 24 heavy (non-hydrogen) atoms. The molecular weight excluding hydrogens is 322 g/mol. The molecule has 0 spiro atoms. The fourth-order valence-electron chi connectivity index (χ4n) is 3.22. The maximum atomic E-state index is 12.7. The van der Waals surface area contributed by atoms with Gasteiger partial charge in [-0.15, -0.1) is 0 Å². The summed E-state index contributed by atoms with van der Waals surface area (Å²) in [6.07, 6.45) is 0. The number of piperazine rings is 1. The van der Waals surface area contributed by atoms with Crippen molar-refractivity contribution in [2.45, 2.75) is 11.4 Å². The number of rotatable bonds is 2. The second-order valence-corrected chi connectivity index (χ2v) is 7.93. The monoisotopic (exact) mass is 341 g/mol. The van der Waals surface area contributed by atoms with E-state index in [0.717, 1.165) is 19.6 Å². The molecule has 2 aromatic rings. The van der Waals surface area contributed by atoms with Crippen LogP contribution in [0.3, 0.4) is 0 Å².